The van der Waals surface area contributed by atoms with Crippen LogP contribution in [0.1, 0.15) is 50.4 Å². The first kappa shape index (κ1) is 27.4. The average Bonchev–Trinajstić information content (AvgIpc) is 3.58. The molecule has 4 aromatic rings. The molecule has 5 heterocycles. The molecular formula is C32H40N8O. The highest BCUT2D eigenvalue weighted by molar-refractivity contribution is 5.77. The van der Waals surface area contributed by atoms with Crippen molar-refractivity contribution < 1.29 is 0 Å². The smallest absolute Gasteiger partial charge is 0.278 e. The second kappa shape index (κ2) is 11.2. The normalized spacial score (nSPS) is 16.3. The molecule has 0 bridgehead atoms. The van der Waals surface area contributed by atoms with Gasteiger partial charge in [0.2, 0.25) is 5.95 Å². The molecule has 2 aliphatic heterocycles. The monoisotopic (exact) mass is 552 g/mol. The predicted molar refractivity (Wildman–Crippen MR) is 164 cm³/mol. The number of anilines is 2. The van der Waals surface area contributed by atoms with Crippen molar-refractivity contribution >= 4 is 22.7 Å². The largest absolute Gasteiger partial charge is 0.324 e. The topological polar surface area (TPSA) is 84.1 Å². The number of aromatic nitrogens is 5. The van der Waals surface area contributed by atoms with Crippen molar-refractivity contribution in [1.29, 1.82) is 0 Å². The van der Waals surface area contributed by atoms with Gasteiger partial charge in [0.05, 0.1) is 6.54 Å². The SMILES string of the molecule is C=CCn1c(=O)c2cnc(Nc3ccc4c(c3)CN(CCN3CCCC3)CC4)nc2n1-c1cccc(C(C)(C)C)n1. The molecule has 1 fully saturated rings. The van der Waals surface area contributed by atoms with Gasteiger partial charge >= 0.3 is 0 Å². The maximum absolute atomic E-state index is 13.4. The second-order valence-electron chi connectivity index (χ2n) is 12.2. The van der Waals surface area contributed by atoms with Crippen LogP contribution in [-0.2, 0) is 24.9 Å². The van der Waals surface area contributed by atoms with Gasteiger partial charge in [0.15, 0.2) is 11.5 Å². The molecular weight excluding hydrogens is 512 g/mol. The van der Waals surface area contributed by atoms with E-state index in [1.807, 2.05) is 18.2 Å². The molecule has 3 aromatic heterocycles. The molecule has 9 heteroatoms. The van der Waals surface area contributed by atoms with Gasteiger partial charge in [-0.3, -0.25) is 9.69 Å². The molecule has 1 saturated heterocycles. The van der Waals surface area contributed by atoms with Crippen molar-refractivity contribution in [1.82, 2.24) is 34.1 Å². The number of nitrogens with zero attached hydrogens (tertiary/aromatic N) is 7. The molecule has 2 aliphatic rings. The fourth-order valence-electron chi connectivity index (χ4n) is 5.87. The molecule has 1 aromatic carbocycles. The number of benzene rings is 1. The Bertz CT molecular complexity index is 1620. The molecule has 9 nitrogen and oxygen atoms in total. The van der Waals surface area contributed by atoms with E-state index in [-0.39, 0.29) is 11.0 Å². The van der Waals surface area contributed by atoms with Crippen LogP contribution in [0.15, 0.2) is 60.0 Å². The van der Waals surface area contributed by atoms with Crippen molar-refractivity contribution in [2.24, 2.45) is 0 Å². The fraction of sp³-hybridized carbons (Fsp3) is 0.438. The third-order valence-electron chi connectivity index (χ3n) is 8.18. The predicted octanol–water partition coefficient (Wildman–Crippen LogP) is 4.66. The van der Waals surface area contributed by atoms with Gasteiger partial charge in [0, 0.05) is 49.2 Å². The van der Waals surface area contributed by atoms with Gasteiger partial charge in [-0.1, -0.05) is 39.0 Å². The van der Waals surface area contributed by atoms with Gasteiger partial charge in [0.1, 0.15) is 5.39 Å². The van der Waals surface area contributed by atoms with Crippen molar-refractivity contribution in [2.75, 3.05) is 38.0 Å². The van der Waals surface area contributed by atoms with Gasteiger partial charge in [-0.25, -0.2) is 19.3 Å². The van der Waals surface area contributed by atoms with E-state index in [1.165, 1.54) is 37.1 Å². The Kier molecular flexibility index (Phi) is 7.48. The molecule has 0 amide bonds. The first-order valence-corrected chi connectivity index (χ1v) is 14.7. The standard InChI is InChI=1S/C32H40N8O/c1-5-14-39-30(41)26-21-33-31(36-29(26)40(39)28-10-8-9-27(35-28)32(2,3)4)34-25-12-11-23-13-17-38(22-24(23)20-25)19-18-37-15-6-7-16-37/h5,8-12,20-21H,1,6-7,13-19,22H2,2-4H3,(H,33,34,36). The number of allylic oxidation sites excluding steroid dienone is 1. The van der Waals surface area contributed by atoms with Crippen LogP contribution in [0.25, 0.3) is 16.9 Å². The third kappa shape index (κ3) is 5.69. The summed E-state index contributed by atoms with van der Waals surface area (Å²) < 4.78 is 3.40. The highest BCUT2D eigenvalue weighted by atomic mass is 16.1. The molecule has 0 spiro atoms. The second-order valence-corrected chi connectivity index (χ2v) is 12.2. The zero-order valence-corrected chi connectivity index (χ0v) is 24.4. The summed E-state index contributed by atoms with van der Waals surface area (Å²) in [6, 6.07) is 12.4. The van der Waals surface area contributed by atoms with E-state index in [2.05, 4.69) is 65.6 Å². The van der Waals surface area contributed by atoms with Crippen LogP contribution in [0.3, 0.4) is 0 Å². The number of likely N-dealkylation sites (tertiary alicyclic amines) is 1. The molecule has 0 atom stereocenters. The maximum atomic E-state index is 13.4. The molecule has 41 heavy (non-hydrogen) atoms. The molecule has 0 radical (unpaired) electrons. The van der Waals surface area contributed by atoms with E-state index in [0.717, 1.165) is 44.0 Å². The molecule has 1 N–H and O–H groups in total. The van der Waals surface area contributed by atoms with E-state index >= 15 is 0 Å². The number of fused-ring (bicyclic) bond motifs is 2. The summed E-state index contributed by atoms with van der Waals surface area (Å²) in [7, 11) is 0. The number of nitrogens with one attached hydrogen (secondary N) is 1. The fourth-order valence-corrected chi connectivity index (χ4v) is 5.87. The number of rotatable bonds is 8. The van der Waals surface area contributed by atoms with Crippen LogP contribution >= 0.6 is 0 Å². The Balaban J connectivity index is 1.29. The minimum absolute atomic E-state index is 0.138. The minimum Gasteiger partial charge on any atom is -0.324 e. The van der Waals surface area contributed by atoms with Gasteiger partial charge < -0.3 is 10.2 Å². The average molecular weight is 553 g/mol. The van der Waals surface area contributed by atoms with Gasteiger partial charge in [0.25, 0.3) is 5.56 Å². The lowest BCUT2D eigenvalue weighted by Gasteiger charge is -2.30. The summed E-state index contributed by atoms with van der Waals surface area (Å²) in [4.78, 5) is 32.8. The summed E-state index contributed by atoms with van der Waals surface area (Å²) >= 11 is 0. The highest BCUT2D eigenvalue weighted by Gasteiger charge is 2.22. The number of hydrogen-bond donors (Lipinski definition) is 1. The lowest BCUT2D eigenvalue weighted by molar-refractivity contribution is 0.211. The Hall–Kier alpha value is -3.82. The van der Waals surface area contributed by atoms with Gasteiger partial charge in [-0.2, -0.15) is 4.98 Å². The molecule has 0 unspecified atom stereocenters. The van der Waals surface area contributed by atoms with E-state index in [1.54, 1.807) is 21.6 Å². The highest BCUT2D eigenvalue weighted by Crippen LogP contribution is 2.26. The third-order valence-corrected chi connectivity index (χ3v) is 8.18. The van der Waals surface area contributed by atoms with Crippen molar-refractivity contribution in [3.05, 3.63) is 82.4 Å². The summed E-state index contributed by atoms with van der Waals surface area (Å²) in [6.07, 6.45) is 7.05. The van der Waals surface area contributed by atoms with Gasteiger partial charge in [-0.05, 0) is 67.7 Å². The van der Waals surface area contributed by atoms with Crippen molar-refractivity contribution in [3.8, 4) is 5.82 Å². The lowest BCUT2D eigenvalue weighted by atomic mass is 9.92. The molecule has 0 saturated carbocycles. The zero-order chi connectivity index (χ0) is 28.6. The molecule has 214 valence electrons. The van der Waals surface area contributed by atoms with Crippen LogP contribution in [0, 0.1) is 0 Å². The van der Waals surface area contributed by atoms with Crippen LogP contribution in [0.4, 0.5) is 11.6 Å². The maximum Gasteiger partial charge on any atom is 0.278 e. The van der Waals surface area contributed by atoms with Crippen LogP contribution in [0.5, 0.6) is 0 Å². The number of hydrogen-bond acceptors (Lipinski definition) is 7. The summed E-state index contributed by atoms with van der Waals surface area (Å²) in [5.74, 6) is 1.08. The summed E-state index contributed by atoms with van der Waals surface area (Å²) in [5, 5.41) is 3.84. The van der Waals surface area contributed by atoms with E-state index in [0.29, 0.717) is 29.3 Å². The first-order chi connectivity index (χ1) is 19.8. The Labute approximate surface area is 241 Å². The van der Waals surface area contributed by atoms with E-state index in [4.69, 9.17) is 9.97 Å². The van der Waals surface area contributed by atoms with Crippen molar-refractivity contribution in [3.63, 3.8) is 0 Å². The lowest BCUT2D eigenvalue weighted by Crippen LogP contribution is -2.37. The van der Waals surface area contributed by atoms with Crippen LogP contribution in [0.2, 0.25) is 0 Å². The Morgan fingerprint density at radius 1 is 1.00 bits per heavy atom. The van der Waals surface area contributed by atoms with E-state index < -0.39 is 0 Å². The zero-order valence-electron chi connectivity index (χ0n) is 24.4. The Morgan fingerprint density at radius 3 is 2.59 bits per heavy atom. The summed E-state index contributed by atoms with van der Waals surface area (Å²) in [5.41, 5.74) is 4.84. The quantitative estimate of drug-likeness (QED) is 0.318. The molecule has 6 rings (SSSR count). The van der Waals surface area contributed by atoms with Crippen LogP contribution < -0.4 is 10.9 Å². The first-order valence-electron chi connectivity index (χ1n) is 14.7. The van der Waals surface area contributed by atoms with Crippen LogP contribution in [-0.4, -0.2) is 66.8 Å². The Morgan fingerprint density at radius 2 is 1.80 bits per heavy atom. The van der Waals surface area contributed by atoms with Crippen molar-refractivity contribution in [2.45, 2.75) is 58.5 Å². The van der Waals surface area contributed by atoms with E-state index in [9.17, 15) is 4.79 Å². The van der Waals surface area contributed by atoms with Gasteiger partial charge in [-0.15, -0.1) is 6.58 Å². The molecule has 0 aliphatic carbocycles. The summed E-state index contributed by atoms with van der Waals surface area (Å²) in [6.45, 7) is 17.4. The number of pyridine rings is 1. The minimum atomic E-state index is -0.169.